The van der Waals surface area contributed by atoms with Gasteiger partial charge in [-0.25, -0.2) is 0 Å². The van der Waals surface area contributed by atoms with Crippen molar-refractivity contribution in [1.29, 1.82) is 0 Å². The maximum Gasteiger partial charge on any atom is 0.0428 e. The van der Waals surface area contributed by atoms with Crippen molar-refractivity contribution in [2.24, 2.45) is 0 Å². The molecule has 0 aliphatic rings. The average molecular weight is 495 g/mol. The lowest BCUT2D eigenvalue weighted by Gasteiger charge is -2.09. The van der Waals surface area contributed by atoms with Crippen LogP contribution in [0.25, 0.3) is 73.4 Å². The summed E-state index contributed by atoms with van der Waals surface area (Å²) in [4.78, 5) is 11.0. The van der Waals surface area contributed by atoms with Crippen molar-refractivity contribution in [1.82, 2.24) is 9.97 Å². The van der Waals surface area contributed by atoms with E-state index in [0.717, 1.165) is 0 Å². The number of hydrogen-bond acceptors (Lipinski definition) is 4. The van der Waals surface area contributed by atoms with Gasteiger partial charge in [-0.2, -0.15) is 0 Å². The standard InChI is InChI=1S/C32H18N2S2/c1-2-22(18-34-13-1)30-17-21-4-6-26-24-7-9-27-25(23(24)8-10-28(26)32(21)36-30)5-3-20-16-29(35-31(20)27)19-11-14-33-15-12-19/h1-18H. The van der Waals surface area contributed by atoms with Crippen LogP contribution < -0.4 is 0 Å². The van der Waals surface area contributed by atoms with Gasteiger partial charge in [-0.05, 0) is 68.2 Å². The highest BCUT2D eigenvalue weighted by Gasteiger charge is 2.13. The van der Waals surface area contributed by atoms with Crippen LogP contribution >= 0.6 is 22.7 Å². The van der Waals surface area contributed by atoms with E-state index in [1.54, 1.807) is 0 Å². The predicted octanol–water partition coefficient (Wildman–Crippen LogP) is 9.70. The van der Waals surface area contributed by atoms with Gasteiger partial charge < -0.3 is 0 Å². The summed E-state index contributed by atoms with van der Waals surface area (Å²) in [5.74, 6) is 0. The van der Waals surface area contributed by atoms with Crippen molar-refractivity contribution >= 4 is 75.2 Å². The molecule has 8 rings (SSSR count). The first kappa shape index (κ1) is 20.1. The summed E-state index contributed by atoms with van der Waals surface area (Å²) in [6.45, 7) is 0. The van der Waals surface area contributed by atoms with E-state index in [4.69, 9.17) is 0 Å². The third-order valence-electron chi connectivity index (χ3n) is 7.07. The second-order valence-electron chi connectivity index (χ2n) is 9.08. The van der Waals surface area contributed by atoms with Gasteiger partial charge in [0.05, 0.1) is 0 Å². The highest BCUT2D eigenvalue weighted by atomic mass is 32.1. The largest absolute Gasteiger partial charge is 0.265 e. The topological polar surface area (TPSA) is 25.8 Å². The van der Waals surface area contributed by atoms with Crippen molar-refractivity contribution in [3.63, 3.8) is 0 Å². The molecule has 168 valence electrons. The zero-order chi connectivity index (χ0) is 23.6. The van der Waals surface area contributed by atoms with Gasteiger partial charge in [0.2, 0.25) is 0 Å². The van der Waals surface area contributed by atoms with Crippen molar-refractivity contribution < 1.29 is 0 Å². The minimum absolute atomic E-state index is 1.17. The molecule has 0 aliphatic heterocycles. The molecule has 0 spiro atoms. The summed E-state index contributed by atoms with van der Waals surface area (Å²) < 4.78 is 2.68. The van der Waals surface area contributed by atoms with Crippen LogP contribution in [0.1, 0.15) is 0 Å². The Morgan fingerprint density at radius 2 is 0.972 bits per heavy atom. The molecule has 0 N–H and O–H groups in total. The summed E-state index contributed by atoms with van der Waals surface area (Å²) in [7, 11) is 0. The molecule has 2 nitrogen and oxygen atoms in total. The van der Waals surface area contributed by atoms with Crippen LogP contribution in [0, 0.1) is 0 Å². The average Bonchev–Trinajstić information content (AvgIpc) is 3.58. The molecule has 0 aliphatic carbocycles. The molecule has 0 saturated carbocycles. The Bertz CT molecular complexity index is 1940. The summed E-state index contributed by atoms with van der Waals surface area (Å²) in [6, 6.07) is 31.2. The monoisotopic (exact) mass is 494 g/mol. The van der Waals surface area contributed by atoms with E-state index in [1.807, 2.05) is 53.5 Å². The van der Waals surface area contributed by atoms with E-state index in [1.165, 1.54) is 73.4 Å². The van der Waals surface area contributed by atoms with E-state index >= 15 is 0 Å². The SMILES string of the molecule is c1cncc(-c2cc3ccc4c5ccc6c(ccc7cc(-c8ccncc8)sc76)c5ccc4c3s2)c1. The Labute approximate surface area is 215 Å². The van der Waals surface area contributed by atoms with Crippen molar-refractivity contribution in [3.8, 4) is 20.9 Å². The van der Waals surface area contributed by atoms with E-state index in [0.29, 0.717) is 0 Å². The first-order valence-electron chi connectivity index (χ1n) is 11.9. The maximum absolute atomic E-state index is 4.31. The minimum atomic E-state index is 1.17. The summed E-state index contributed by atoms with van der Waals surface area (Å²) in [5.41, 5.74) is 2.39. The molecule has 0 amide bonds. The Balaban J connectivity index is 1.36. The first-order chi connectivity index (χ1) is 17.8. The van der Waals surface area contributed by atoms with Crippen LogP contribution in [0.15, 0.2) is 110 Å². The highest BCUT2D eigenvalue weighted by molar-refractivity contribution is 7.23. The third kappa shape index (κ3) is 2.95. The van der Waals surface area contributed by atoms with Crippen molar-refractivity contribution in [3.05, 3.63) is 110 Å². The van der Waals surface area contributed by atoms with E-state index in [2.05, 4.69) is 88.8 Å². The fraction of sp³-hybridized carbons (Fsp3) is 0. The lowest BCUT2D eigenvalue weighted by Crippen LogP contribution is -1.81. The molecule has 0 saturated heterocycles. The summed E-state index contributed by atoms with van der Waals surface area (Å²) >= 11 is 3.72. The van der Waals surface area contributed by atoms with Gasteiger partial charge in [0.1, 0.15) is 0 Å². The Morgan fingerprint density at radius 3 is 1.56 bits per heavy atom. The molecule has 4 heteroatoms. The molecule has 0 unspecified atom stereocenters. The zero-order valence-electron chi connectivity index (χ0n) is 19.1. The lowest BCUT2D eigenvalue weighted by atomic mass is 9.96. The minimum Gasteiger partial charge on any atom is -0.265 e. The fourth-order valence-electron chi connectivity index (χ4n) is 5.34. The molecular formula is C32H18N2S2. The van der Waals surface area contributed by atoms with Gasteiger partial charge in [0.25, 0.3) is 0 Å². The smallest absolute Gasteiger partial charge is 0.0428 e. The predicted molar refractivity (Wildman–Crippen MR) is 156 cm³/mol. The first-order valence-corrected chi connectivity index (χ1v) is 13.5. The molecule has 8 aromatic rings. The van der Waals surface area contributed by atoms with Crippen LogP contribution in [0.3, 0.4) is 0 Å². The van der Waals surface area contributed by atoms with Gasteiger partial charge in [-0.3, -0.25) is 9.97 Å². The maximum atomic E-state index is 4.31. The number of rotatable bonds is 2. The molecule has 36 heavy (non-hydrogen) atoms. The van der Waals surface area contributed by atoms with Gasteiger partial charge in [-0.1, -0.05) is 54.6 Å². The van der Waals surface area contributed by atoms with Crippen LogP contribution in [0.2, 0.25) is 0 Å². The Kier molecular flexibility index (Phi) is 4.30. The number of nitrogens with zero attached hydrogens (tertiary/aromatic N) is 2. The van der Waals surface area contributed by atoms with Crippen LogP contribution in [-0.2, 0) is 0 Å². The molecule has 0 atom stereocenters. The van der Waals surface area contributed by atoms with Crippen LogP contribution in [0.4, 0.5) is 0 Å². The quantitative estimate of drug-likeness (QED) is 0.224. The van der Waals surface area contributed by atoms with Gasteiger partial charge in [-0.15, -0.1) is 22.7 Å². The molecule has 4 aromatic carbocycles. The van der Waals surface area contributed by atoms with Crippen molar-refractivity contribution in [2.75, 3.05) is 0 Å². The van der Waals surface area contributed by atoms with E-state index < -0.39 is 0 Å². The second-order valence-corrected chi connectivity index (χ2v) is 11.2. The number of fused-ring (bicyclic) bond motifs is 9. The summed E-state index contributed by atoms with van der Waals surface area (Å²) in [6.07, 6.45) is 7.49. The van der Waals surface area contributed by atoms with Crippen LogP contribution in [-0.4, -0.2) is 9.97 Å². The second kappa shape index (κ2) is 7.69. The number of benzene rings is 4. The highest BCUT2D eigenvalue weighted by Crippen LogP contribution is 2.43. The van der Waals surface area contributed by atoms with Gasteiger partial charge >= 0.3 is 0 Å². The molecule has 4 heterocycles. The van der Waals surface area contributed by atoms with Gasteiger partial charge in [0, 0.05) is 60.3 Å². The van der Waals surface area contributed by atoms with Crippen molar-refractivity contribution in [2.45, 2.75) is 0 Å². The summed E-state index contributed by atoms with van der Waals surface area (Å²) in [5, 5.41) is 10.5. The number of thiophene rings is 2. The number of aromatic nitrogens is 2. The van der Waals surface area contributed by atoms with Gasteiger partial charge in [0.15, 0.2) is 0 Å². The van der Waals surface area contributed by atoms with E-state index in [-0.39, 0.29) is 0 Å². The normalized spacial score (nSPS) is 11.9. The zero-order valence-corrected chi connectivity index (χ0v) is 20.7. The molecular weight excluding hydrogens is 477 g/mol. The Morgan fingerprint density at radius 1 is 0.444 bits per heavy atom. The fourth-order valence-corrected chi connectivity index (χ4v) is 7.71. The molecule has 4 aromatic heterocycles. The van der Waals surface area contributed by atoms with Crippen LogP contribution in [0.5, 0.6) is 0 Å². The number of pyridine rings is 2. The number of hydrogen-bond donors (Lipinski definition) is 0. The Hall–Kier alpha value is -4.12. The molecule has 0 radical (unpaired) electrons. The lowest BCUT2D eigenvalue weighted by molar-refractivity contribution is 1.33. The third-order valence-corrected chi connectivity index (χ3v) is 9.53. The molecule has 0 fully saturated rings. The molecule has 0 bridgehead atoms. The van der Waals surface area contributed by atoms with E-state index in [9.17, 15) is 0 Å².